The highest BCUT2D eigenvalue weighted by atomic mass is 31.2. The van der Waals surface area contributed by atoms with Crippen molar-refractivity contribution >= 4 is 24.3 Å². The Balaban J connectivity index is 2.07. The third kappa shape index (κ3) is 5.81. The van der Waals surface area contributed by atoms with Crippen LogP contribution in [0.3, 0.4) is 0 Å². The molecule has 0 heterocycles. The normalized spacial score (nSPS) is 13.9. The molecule has 0 aliphatic carbocycles. The van der Waals surface area contributed by atoms with Crippen molar-refractivity contribution in [1.29, 1.82) is 0 Å². The molecule has 0 fully saturated rings. The number of ether oxygens (including phenoxy) is 2. The maximum absolute atomic E-state index is 12.6. The quantitative estimate of drug-likeness (QED) is 0.400. The number of rotatable bonds is 10. The Kier molecular flexibility index (Phi) is 8.05. The summed E-state index contributed by atoms with van der Waals surface area (Å²) in [5.41, 5.74) is 0.854. The minimum absolute atomic E-state index is 0.0324. The Morgan fingerprint density at radius 3 is 2.21 bits per heavy atom. The van der Waals surface area contributed by atoms with Crippen molar-refractivity contribution in [2.75, 3.05) is 26.5 Å². The molecule has 0 saturated carbocycles. The third-order valence-electron chi connectivity index (χ3n) is 4.37. The Labute approximate surface area is 166 Å². The average molecular weight is 408 g/mol. The fourth-order valence-corrected chi connectivity index (χ4v) is 4.74. The van der Waals surface area contributed by atoms with Crippen LogP contribution in [-0.2, 0) is 23.1 Å². The van der Waals surface area contributed by atoms with Crippen molar-refractivity contribution in [2.24, 2.45) is 0 Å². The van der Waals surface area contributed by atoms with Crippen LogP contribution in [0.25, 0.3) is 10.8 Å². The summed E-state index contributed by atoms with van der Waals surface area (Å²) in [6.07, 6.45) is -0.548. The first-order chi connectivity index (χ1) is 13.3. The van der Waals surface area contributed by atoms with Gasteiger partial charge in [-0.25, -0.2) is 0 Å². The third-order valence-corrected chi connectivity index (χ3v) is 6.64. The van der Waals surface area contributed by atoms with Gasteiger partial charge < -0.3 is 18.5 Å². The number of hydrogen-bond donors (Lipinski definition) is 0. The van der Waals surface area contributed by atoms with Gasteiger partial charge in [0.05, 0.1) is 32.4 Å². The monoisotopic (exact) mass is 408 g/mol. The molecule has 0 spiro atoms. The van der Waals surface area contributed by atoms with E-state index in [9.17, 15) is 9.36 Å². The lowest BCUT2D eigenvalue weighted by atomic mass is 9.98. The van der Waals surface area contributed by atoms with Crippen LogP contribution in [0.5, 0.6) is 5.75 Å². The van der Waals surface area contributed by atoms with Gasteiger partial charge in [-0.05, 0) is 56.2 Å². The standard InChI is InChI=1S/C21H29O6P/c1-6-25-28(23,26-7-2)14-15(3)27-21(22)16(4)17-8-9-19-13-20(24-5)11-10-18(19)12-17/h8-13,15-16H,6-7,14H2,1-5H3/t15-,16+/m0/s1. The molecule has 2 rings (SSSR count). The fourth-order valence-electron chi connectivity index (χ4n) is 2.96. The molecule has 154 valence electrons. The molecule has 2 aromatic rings. The first-order valence-corrected chi connectivity index (χ1v) is 11.2. The van der Waals surface area contributed by atoms with E-state index in [4.69, 9.17) is 18.5 Å². The summed E-state index contributed by atoms with van der Waals surface area (Å²) in [7, 11) is -1.63. The molecule has 6 nitrogen and oxygen atoms in total. The molecule has 28 heavy (non-hydrogen) atoms. The molecular weight excluding hydrogens is 379 g/mol. The lowest BCUT2D eigenvalue weighted by molar-refractivity contribution is -0.148. The molecule has 0 saturated heterocycles. The van der Waals surface area contributed by atoms with Gasteiger partial charge in [-0.1, -0.05) is 24.3 Å². The van der Waals surface area contributed by atoms with Crippen molar-refractivity contribution < 1.29 is 27.9 Å². The van der Waals surface area contributed by atoms with Crippen LogP contribution in [0.2, 0.25) is 0 Å². The van der Waals surface area contributed by atoms with Gasteiger partial charge in [-0.15, -0.1) is 0 Å². The summed E-state index contributed by atoms with van der Waals surface area (Å²) in [6, 6.07) is 11.6. The van der Waals surface area contributed by atoms with E-state index in [0.29, 0.717) is 0 Å². The predicted molar refractivity (Wildman–Crippen MR) is 110 cm³/mol. The maximum Gasteiger partial charge on any atom is 0.334 e. The van der Waals surface area contributed by atoms with E-state index in [1.807, 2.05) is 36.4 Å². The molecule has 0 unspecified atom stereocenters. The topological polar surface area (TPSA) is 71.1 Å². The van der Waals surface area contributed by atoms with E-state index in [1.54, 1.807) is 34.8 Å². The Morgan fingerprint density at radius 1 is 1.00 bits per heavy atom. The Hall–Kier alpha value is -1.88. The summed E-state index contributed by atoms with van der Waals surface area (Å²) < 4.78 is 33.9. The lowest BCUT2D eigenvalue weighted by Crippen LogP contribution is -2.23. The van der Waals surface area contributed by atoms with E-state index in [1.165, 1.54) is 0 Å². The van der Waals surface area contributed by atoms with Gasteiger partial charge in [0.2, 0.25) is 0 Å². The molecule has 2 atom stereocenters. The number of carbonyl (C=O) groups excluding carboxylic acids is 1. The second kappa shape index (κ2) is 10.1. The SMILES string of the molecule is CCOP(=O)(C[C@H](C)OC(=O)[C@H](C)c1ccc2cc(OC)ccc2c1)OCC. The minimum Gasteiger partial charge on any atom is -0.497 e. The molecule has 7 heteroatoms. The highest BCUT2D eigenvalue weighted by Gasteiger charge is 2.29. The number of methoxy groups -OCH3 is 1. The summed E-state index contributed by atoms with van der Waals surface area (Å²) in [5.74, 6) is -0.0398. The summed E-state index contributed by atoms with van der Waals surface area (Å²) in [4.78, 5) is 12.6. The minimum atomic E-state index is -3.26. The second-order valence-corrected chi connectivity index (χ2v) is 8.67. The molecule has 0 aromatic heterocycles. The number of carbonyl (C=O) groups is 1. The molecule has 0 aliphatic heterocycles. The fraction of sp³-hybridized carbons (Fsp3) is 0.476. The first kappa shape index (κ1) is 22.4. The highest BCUT2D eigenvalue weighted by Crippen LogP contribution is 2.48. The van der Waals surface area contributed by atoms with Crippen LogP contribution in [0.4, 0.5) is 0 Å². The largest absolute Gasteiger partial charge is 0.497 e. The van der Waals surface area contributed by atoms with Crippen LogP contribution >= 0.6 is 7.60 Å². The van der Waals surface area contributed by atoms with Crippen molar-refractivity contribution in [3.8, 4) is 5.75 Å². The van der Waals surface area contributed by atoms with Gasteiger partial charge in [0.1, 0.15) is 11.9 Å². The van der Waals surface area contributed by atoms with Crippen molar-refractivity contribution in [3.63, 3.8) is 0 Å². The van der Waals surface area contributed by atoms with Gasteiger partial charge in [-0.3, -0.25) is 9.36 Å². The van der Waals surface area contributed by atoms with E-state index >= 15 is 0 Å². The smallest absolute Gasteiger partial charge is 0.334 e. The number of esters is 1. The first-order valence-electron chi connectivity index (χ1n) is 9.48. The number of fused-ring (bicyclic) bond motifs is 1. The van der Waals surface area contributed by atoms with Gasteiger partial charge in [0, 0.05) is 0 Å². The molecule has 0 N–H and O–H groups in total. The zero-order valence-electron chi connectivity index (χ0n) is 17.1. The molecule has 0 radical (unpaired) electrons. The zero-order chi connectivity index (χ0) is 20.7. The van der Waals surface area contributed by atoms with Gasteiger partial charge in [-0.2, -0.15) is 0 Å². The van der Waals surface area contributed by atoms with Crippen LogP contribution < -0.4 is 4.74 Å². The number of hydrogen-bond acceptors (Lipinski definition) is 6. The van der Waals surface area contributed by atoms with Crippen LogP contribution in [0.1, 0.15) is 39.2 Å². The van der Waals surface area contributed by atoms with E-state index in [-0.39, 0.29) is 25.3 Å². The maximum atomic E-state index is 12.6. The highest BCUT2D eigenvalue weighted by molar-refractivity contribution is 7.53. The second-order valence-electron chi connectivity index (χ2n) is 6.57. The molecule has 0 aliphatic rings. The van der Waals surface area contributed by atoms with E-state index in [0.717, 1.165) is 22.1 Å². The van der Waals surface area contributed by atoms with Crippen molar-refractivity contribution in [1.82, 2.24) is 0 Å². The van der Waals surface area contributed by atoms with Crippen molar-refractivity contribution in [3.05, 3.63) is 42.0 Å². The van der Waals surface area contributed by atoms with Crippen LogP contribution in [0.15, 0.2) is 36.4 Å². The van der Waals surface area contributed by atoms with Crippen molar-refractivity contribution in [2.45, 2.75) is 39.7 Å². The van der Waals surface area contributed by atoms with E-state index < -0.39 is 19.6 Å². The predicted octanol–water partition coefficient (Wildman–Crippen LogP) is 5.15. The molecule has 0 bridgehead atoms. The molecular formula is C21H29O6P. The summed E-state index contributed by atoms with van der Waals surface area (Å²) >= 11 is 0. The van der Waals surface area contributed by atoms with E-state index in [2.05, 4.69) is 0 Å². The molecule has 2 aromatic carbocycles. The average Bonchev–Trinajstić information content (AvgIpc) is 2.66. The summed E-state index contributed by atoms with van der Waals surface area (Å²) in [5, 5.41) is 2.05. The Morgan fingerprint density at radius 2 is 1.61 bits per heavy atom. The molecule has 0 amide bonds. The van der Waals surface area contributed by atoms with Gasteiger partial charge >= 0.3 is 13.6 Å². The Bertz CT molecular complexity index is 840. The zero-order valence-corrected chi connectivity index (χ0v) is 18.0. The van der Waals surface area contributed by atoms with Crippen LogP contribution in [-0.4, -0.2) is 38.6 Å². The van der Waals surface area contributed by atoms with Gasteiger partial charge in [0.25, 0.3) is 0 Å². The van der Waals surface area contributed by atoms with Gasteiger partial charge in [0.15, 0.2) is 0 Å². The van der Waals surface area contributed by atoms with Crippen LogP contribution in [0, 0.1) is 0 Å². The lowest BCUT2D eigenvalue weighted by Gasteiger charge is -2.22. The summed E-state index contributed by atoms with van der Waals surface area (Å²) in [6.45, 7) is 7.54. The number of benzene rings is 2.